The van der Waals surface area contributed by atoms with Gasteiger partial charge in [0.05, 0.1) is 11.9 Å². The van der Waals surface area contributed by atoms with E-state index >= 15 is 0 Å². The van der Waals surface area contributed by atoms with Crippen LogP contribution in [0.25, 0.3) is 0 Å². The maximum atomic E-state index is 12.1. The molecule has 0 bridgehead atoms. The van der Waals surface area contributed by atoms with Gasteiger partial charge in [0.2, 0.25) is 10.0 Å². The van der Waals surface area contributed by atoms with Gasteiger partial charge in [-0.1, -0.05) is 56.6 Å². The van der Waals surface area contributed by atoms with Crippen molar-refractivity contribution in [3.63, 3.8) is 0 Å². The van der Waals surface area contributed by atoms with Crippen LogP contribution < -0.4 is 15.4 Å². The third-order valence-corrected chi connectivity index (χ3v) is 5.98. The third-order valence-electron chi connectivity index (χ3n) is 4.14. The van der Waals surface area contributed by atoms with Crippen molar-refractivity contribution < 1.29 is 13.2 Å². The number of carbonyl (C=O) groups excluding carboxylic acids is 1. The molecule has 0 aliphatic rings. The van der Waals surface area contributed by atoms with Crippen molar-refractivity contribution in [2.24, 2.45) is 0 Å². The second-order valence-corrected chi connectivity index (χ2v) is 11.1. The van der Waals surface area contributed by atoms with Crippen molar-refractivity contribution in [3.8, 4) is 0 Å². The van der Waals surface area contributed by atoms with Gasteiger partial charge in [-0.3, -0.25) is 4.72 Å². The fourth-order valence-corrected chi connectivity index (χ4v) is 4.19. The highest BCUT2D eigenvalue weighted by Crippen LogP contribution is 2.27. The van der Waals surface area contributed by atoms with Crippen LogP contribution >= 0.6 is 34.2 Å². The topological polar surface area (TPSA) is 87.3 Å². The number of rotatable bonds is 6. The van der Waals surface area contributed by atoms with Crippen LogP contribution in [-0.2, 0) is 28.5 Å². The Kier molecular flexibility index (Phi) is 7.80. The fourth-order valence-electron chi connectivity index (χ4n) is 2.54. The second-order valence-electron chi connectivity index (χ2n) is 7.78. The maximum Gasteiger partial charge on any atom is 0.315 e. The number of urea groups is 1. The Hall–Kier alpha value is -1.52. The molecule has 0 fully saturated rings. The van der Waals surface area contributed by atoms with Gasteiger partial charge in [-0.15, -0.1) is 0 Å². The summed E-state index contributed by atoms with van der Waals surface area (Å²) in [5.74, 6) is 0. The number of halogens is 2. The van der Waals surface area contributed by atoms with Gasteiger partial charge in [-0.05, 0) is 56.8 Å². The highest BCUT2D eigenvalue weighted by molar-refractivity contribution is 14.1. The van der Waals surface area contributed by atoms with Crippen LogP contribution in [0.5, 0.6) is 0 Å². The lowest BCUT2D eigenvalue weighted by Gasteiger charge is -2.19. The molecule has 29 heavy (non-hydrogen) atoms. The highest BCUT2D eigenvalue weighted by Gasteiger charge is 2.13. The van der Waals surface area contributed by atoms with E-state index in [-0.39, 0.29) is 18.0 Å². The summed E-state index contributed by atoms with van der Waals surface area (Å²) in [6, 6.07) is 11.1. The number of anilines is 1. The largest absolute Gasteiger partial charge is 0.334 e. The molecule has 0 unspecified atom stereocenters. The van der Waals surface area contributed by atoms with Crippen LogP contribution in [0, 0.1) is 3.57 Å². The Morgan fingerprint density at radius 1 is 1.07 bits per heavy atom. The van der Waals surface area contributed by atoms with E-state index in [1.807, 2.05) is 34.7 Å². The molecule has 3 N–H and O–H groups in total. The van der Waals surface area contributed by atoms with Gasteiger partial charge in [-0.25, -0.2) is 13.2 Å². The Morgan fingerprint density at radius 2 is 1.66 bits per heavy atom. The molecule has 0 saturated carbocycles. The SMILES string of the molecule is CC(C)(C)c1ccc(CNC(=O)NCc2cc(I)c(NS(C)(=O)=O)cc2Cl)cc1. The summed E-state index contributed by atoms with van der Waals surface area (Å²) in [6.07, 6.45) is 1.08. The van der Waals surface area contributed by atoms with E-state index in [9.17, 15) is 13.2 Å². The molecule has 0 spiro atoms. The minimum absolute atomic E-state index is 0.0898. The molecule has 0 aliphatic carbocycles. The molecule has 2 aromatic rings. The van der Waals surface area contributed by atoms with E-state index in [1.165, 1.54) is 11.6 Å². The first-order valence-electron chi connectivity index (χ1n) is 8.92. The number of hydrogen-bond donors (Lipinski definition) is 3. The minimum Gasteiger partial charge on any atom is -0.334 e. The summed E-state index contributed by atoms with van der Waals surface area (Å²) >= 11 is 8.25. The highest BCUT2D eigenvalue weighted by atomic mass is 127. The zero-order chi connectivity index (χ0) is 21.8. The molecule has 0 radical (unpaired) electrons. The van der Waals surface area contributed by atoms with Gasteiger partial charge in [0.1, 0.15) is 0 Å². The zero-order valence-electron chi connectivity index (χ0n) is 16.8. The van der Waals surface area contributed by atoms with E-state index in [2.05, 4.69) is 48.3 Å². The molecule has 6 nitrogen and oxygen atoms in total. The van der Waals surface area contributed by atoms with Crippen LogP contribution in [0.3, 0.4) is 0 Å². The molecule has 0 aromatic heterocycles. The van der Waals surface area contributed by atoms with Crippen LogP contribution in [0.15, 0.2) is 36.4 Å². The summed E-state index contributed by atoms with van der Waals surface area (Å²) in [7, 11) is -3.39. The fraction of sp³-hybridized carbons (Fsp3) is 0.350. The Balaban J connectivity index is 1.91. The standard InChI is InChI=1S/C20H25ClIN3O3S/c1-20(2,3)15-7-5-13(6-8-15)11-23-19(26)24-12-14-9-17(22)18(10-16(14)21)25-29(4,27)28/h5-10,25H,11-12H2,1-4H3,(H2,23,24,26). The van der Waals surface area contributed by atoms with E-state index in [4.69, 9.17) is 11.6 Å². The normalized spacial score (nSPS) is 11.8. The Morgan fingerprint density at radius 3 is 2.21 bits per heavy atom. The van der Waals surface area contributed by atoms with E-state index in [1.54, 1.807) is 6.07 Å². The lowest BCUT2D eigenvalue weighted by atomic mass is 9.87. The van der Waals surface area contributed by atoms with Gasteiger partial charge in [0.15, 0.2) is 0 Å². The predicted molar refractivity (Wildman–Crippen MR) is 127 cm³/mol. The number of hydrogen-bond acceptors (Lipinski definition) is 3. The number of benzene rings is 2. The first-order chi connectivity index (χ1) is 13.3. The van der Waals surface area contributed by atoms with Gasteiger partial charge in [-0.2, -0.15) is 0 Å². The second kappa shape index (κ2) is 9.53. The van der Waals surface area contributed by atoms with Gasteiger partial charge >= 0.3 is 6.03 Å². The quantitative estimate of drug-likeness (QED) is 0.460. The van der Waals surface area contributed by atoms with Gasteiger partial charge in [0.25, 0.3) is 0 Å². The van der Waals surface area contributed by atoms with Crippen molar-refractivity contribution in [2.45, 2.75) is 39.3 Å². The molecule has 158 valence electrons. The molecule has 0 atom stereocenters. The lowest BCUT2D eigenvalue weighted by molar-refractivity contribution is 0.240. The molecule has 2 rings (SSSR count). The van der Waals surface area contributed by atoms with Crippen LogP contribution in [-0.4, -0.2) is 20.7 Å². The molecule has 2 amide bonds. The minimum atomic E-state index is -3.39. The predicted octanol–water partition coefficient (Wildman–Crippen LogP) is 4.61. The van der Waals surface area contributed by atoms with Crippen LogP contribution in [0.1, 0.15) is 37.5 Å². The molecule has 0 aliphatic heterocycles. The summed E-state index contributed by atoms with van der Waals surface area (Å²) in [4.78, 5) is 12.1. The van der Waals surface area contributed by atoms with Crippen molar-refractivity contribution in [1.82, 2.24) is 10.6 Å². The van der Waals surface area contributed by atoms with Crippen LogP contribution in [0.2, 0.25) is 5.02 Å². The maximum absolute atomic E-state index is 12.1. The Bertz CT molecular complexity index is 987. The summed E-state index contributed by atoms with van der Waals surface area (Å²) < 4.78 is 25.9. The van der Waals surface area contributed by atoms with E-state index in [0.717, 1.165) is 11.8 Å². The monoisotopic (exact) mass is 549 g/mol. The first-order valence-corrected chi connectivity index (χ1v) is 12.3. The molecule has 0 heterocycles. The average molecular weight is 550 g/mol. The molecular weight excluding hydrogens is 525 g/mol. The third kappa shape index (κ3) is 7.67. The van der Waals surface area contributed by atoms with Crippen LogP contribution in [0.4, 0.5) is 10.5 Å². The summed E-state index contributed by atoms with van der Waals surface area (Å²) in [5, 5.41) is 5.95. The van der Waals surface area contributed by atoms with Gasteiger partial charge in [0, 0.05) is 21.7 Å². The van der Waals surface area contributed by atoms with E-state index < -0.39 is 10.0 Å². The summed E-state index contributed by atoms with van der Waals surface area (Å²) in [5.41, 5.74) is 3.44. The number of sulfonamides is 1. The number of amides is 2. The van der Waals surface area contributed by atoms with Crippen molar-refractivity contribution >= 4 is 55.9 Å². The molecule has 0 saturated heterocycles. The van der Waals surface area contributed by atoms with Crippen molar-refractivity contribution in [2.75, 3.05) is 11.0 Å². The molecule has 9 heteroatoms. The first kappa shape index (κ1) is 23.8. The number of carbonyl (C=O) groups is 1. The smallest absolute Gasteiger partial charge is 0.315 e. The molecular formula is C20H25ClIN3O3S. The lowest BCUT2D eigenvalue weighted by Crippen LogP contribution is -2.34. The van der Waals surface area contributed by atoms with Crippen molar-refractivity contribution in [3.05, 3.63) is 61.7 Å². The zero-order valence-corrected chi connectivity index (χ0v) is 20.5. The van der Waals surface area contributed by atoms with Crippen molar-refractivity contribution in [1.29, 1.82) is 0 Å². The molecule has 2 aromatic carbocycles. The van der Waals surface area contributed by atoms with Gasteiger partial charge < -0.3 is 10.6 Å². The average Bonchev–Trinajstić information content (AvgIpc) is 2.60. The number of nitrogens with one attached hydrogen (secondary N) is 3. The Labute approximate surface area is 191 Å². The summed E-state index contributed by atoms with van der Waals surface area (Å²) in [6.45, 7) is 7.11. The van der Waals surface area contributed by atoms with E-state index in [0.29, 0.717) is 26.4 Å².